The van der Waals surface area contributed by atoms with Gasteiger partial charge in [-0.1, -0.05) is 17.7 Å². The molecule has 0 saturated heterocycles. The van der Waals surface area contributed by atoms with Crippen molar-refractivity contribution in [2.75, 3.05) is 4.72 Å². The molecule has 0 aromatic heterocycles. The van der Waals surface area contributed by atoms with Gasteiger partial charge in [-0.2, -0.15) is 0 Å². The van der Waals surface area contributed by atoms with Gasteiger partial charge in [-0.05, 0) is 49.7 Å². The molecule has 0 amide bonds. The zero-order chi connectivity index (χ0) is 14.0. The Labute approximate surface area is 112 Å². The van der Waals surface area contributed by atoms with E-state index in [0.29, 0.717) is 11.3 Å². The highest BCUT2D eigenvalue weighted by molar-refractivity contribution is 7.92. The van der Waals surface area contributed by atoms with Crippen molar-refractivity contribution in [3.63, 3.8) is 0 Å². The fourth-order valence-corrected chi connectivity index (χ4v) is 2.69. The van der Waals surface area contributed by atoms with E-state index < -0.39 is 10.0 Å². The summed E-state index contributed by atoms with van der Waals surface area (Å²) in [4.78, 5) is 0.181. The molecular weight excluding hydrogens is 265 g/mol. The molecule has 0 spiro atoms. The summed E-state index contributed by atoms with van der Waals surface area (Å²) < 4.78 is 39.8. The Balaban J connectivity index is 2.30. The molecule has 0 radical (unpaired) electrons. The fraction of sp³-hybridized carbons (Fsp3) is 0.143. The van der Waals surface area contributed by atoms with Gasteiger partial charge in [0, 0.05) is 5.69 Å². The normalized spacial score (nSPS) is 11.3. The van der Waals surface area contributed by atoms with Crippen molar-refractivity contribution in [3.05, 3.63) is 59.4 Å². The van der Waals surface area contributed by atoms with Gasteiger partial charge in [-0.15, -0.1) is 0 Å². The third-order valence-electron chi connectivity index (χ3n) is 2.74. The molecule has 2 rings (SSSR count). The SMILES string of the molecule is Cc1ccc(S(=O)(=O)Nc2ccc(F)c(C)c2)cc1. The quantitative estimate of drug-likeness (QED) is 0.937. The minimum Gasteiger partial charge on any atom is -0.280 e. The summed E-state index contributed by atoms with van der Waals surface area (Å²) in [6.07, 6.45) is 0. The van der Waals surface area contributed by atoms with Crippen LogP contribution in [0.3, 0.4) is 0 Å². The molecule has 0 saturated carbocycles. The third kappa shape index (κ3) is 3.12. The summed E-state index contributed by atoms with van der Waals surface area (Å²) in [5.74, 6) is -0.363. The van der Waals surface area contributed by atoms with Crippen LogP contribution in [0.5, 0.6) is 0 Å². The Morgan fingerprint density at radius 3 is 2.21 bits per heavy atom. The number of nitrogens with one attached hydrogen (secondary N) is 1. The average molecular weight is 279 g/mol. The third-order valence-corrected chi connectivity index (χ3v) is 4.14. The molecule has 1 N–H and O–H groups in total. The van der Waals surface area contributed by atoms with Gasteiger partial charge >= 0.3 is 0 Å². The van der Waals surface area contributed by atoms with Crippen LogP contribution >= 0.6 is 0 Å². The zero-order valence-corrected chi connectivity index (χ0v) is 11.5. The van der Waals surface area contributed by atoms with E-state index in [9.17, 15) is 12.8 Å². The van der Waals surface area contributed by atoms with E-state index in [1.54, 1.807) is 19.1 Å². The van der Waals surface area contributed by atoms with Gasteiger partial charge in [-0.3, -0.25) is 4.72 Å². The van der Waals surface area contributed by atoms with Gasteiger partial charge in [0.25, 0.3) is 10.0 Å². The van der Waals surface area contributed by atoms with E-state index in [4.69, 9.17) is 0 Å². The second-order valence-electron chi connectivity index (χ2n) is 4.38. The average Bonchev–Trinajstić information content (AvgIpc) is 2.34. The monoisotopic (exact) mass is 279 g/mol. The van der Waals surface area contributed by atoms with E-state index in [-0.39, 0.29) is 10.7 Å². The molecule has 0 aliphatic carbocycles. The molecule has 0 fully saturated rings. The van der Waals surface area contributed by atoms with Crippen LogP contribution in [0.4, 0.5) is 10.1 Å². The predicted octanol–water partition coefficient (Wildman–Crippen LogP) is 3.24. The van der Waals surface area contributed by atoms with Gasteiger partial charge in [0.05, 0.1) is 4.90 Å². The molecule has 19 heavy (non-hydrogen) atoms. The lowest BCUT2D eigenvalue weighted by molar-refractivity contribution is 0.601. The molecule has 0 aliphatic heterocycles. The van der Waals surface area contributed by atoms with E-state index in [1.807, 2.05) is 6.92 Å². The highest BCUT2D eigenvalue weighted by Crippen LogP contribution is 2.18. The van der Waals surface area contributed by atoms with E-state index in [0.717, 1.165) is 5.56 Å². The highest BCUT2D eigenvalue weighted by Gasteiger charge is 2.14. The summed E-state index contributed by atoms with van der Waals surface area (Å²) >= 11 is 0. The van der Waals surface area contributed by atoms with Gasteiger partial charge in [0.1, 0.15) is 5.82 Å². The number of sulfonamides is 1. The molecule has 100 valence electrons. The second-order valence-corrected chi connectivity index (χ2v) is 6.06. The molecule has 0 heterocycles. The van der Waals surface area contributed by atoms with Gasteiger partial charge in [0.2, 0.25) is 0 Å². The molecule has 5 heteroatoms. The van der Waals surface area contributed by atoms with Crippen molar-refractivity contribution in [3.8, 4) is 0 Å². The maximum absolute atomic E-state index is 13.1. The van der Waals surface area contributed by atoms with Crippen LogP contribution in [0.1, 0.15) is 11.1 Å². The largest absolute Gasteiger partial charge is 0.280 e. The smallest absolute Gasteiger partial charge is 0.261 e. The maximum Gasteiger partial charge on any atom is 0.261 e. The summed E-state index contributed by atoms with van der Waals surface area (Å²) in [5, 5.41) is 0. The van der Waals surface area contributed by atoms with Crippen LogP contribution in [0.15, 0.2) is 47.4 Å². The molecule has 2 aromatic carbocycles. The predicted molar refractivity (Wildman–Crippen MR) is 73.1 cm³/mol. The molecule has 2 aromatic rings. The number of rotatable bonds is 3. The summed E-state index contributed by atoms with van der Waals surface area (Å²) in [6.45, 7) is 3.46. The van der Waals surface area contributed by atoms with Crippen LogP contribution < -0.4 is 4.72 Å². The van der Waals surface area contributed by atoms with Crippen LogP contribution in [0.25, 0.3) is 0 Å². The van der Waals surface area contributed by atoms with Crippen molar-refractivity contribution in [1.82, 2.24) is 0 Å². The van der Waals surface area contributed by atoms with Crippen LogP contribution in [-0.2, 0) is 10.0 Å². The van der Waals surface area contributed by atoms with Gasteiger partial charge in [-0.25, -0.2) is 12.8 Å². The summed E-state index contributed by atoms with van der Waals surface area (Å²) in [5.41, 5.74) is 1.72. The van der Waals surface area contributed by atoms with Crippen LogP contribution in [0, 0.1) is 19.7 Å². The number of halogens is 1. The Kier molecular flexibility index (Phi) is 3.57. The first-order valence-electron chi connectivity index (χ1n) is 5.74. The number of benzene rings is 2. The molecular formula is C14H14FNO2S. The Hall–Kier alpha value is -1.88. The number of hydrogen-bond acceptors (Lipinski definition) is 2. The fourth-order valence-electron chi connectivity index (χ4n) is 1.64. The standard InChI is InChI=1S/C14H14FNO2S/c1-10-3-6-13(7-4-10)19(17,18)16-12-5-8-14(15)11(2)9-12/h3-9,16H,1-2H3. The lowest BCUT2D eigenvalue weighted by atomic mass is 10.2. The minimum absolute atomic E-state index is 0.181. The van der Waals surface area contributed by atoms with Crippen molar-refractivity contribution in [2.45, 2.75) is 18.7 Å². The maximum atomic E-state index is 13.1. The zero-order valence-electron chi connectivity index (χ0n) is 10.6. The number of aryl methyl sites for hydroxylation is 2. The van der Waals surface area contributed by atoms with E-state index in [1.165, 1.54) is 30.3 Å². The Morgan fingerprint density at radius 1 is 1.00 bits per heavy atom. The molecule has 0 bridgehead atoms. The minimum atomic E-state index is -3.63. The van der Waals surface area contributed by atoms with Crippen molar-refractivity contribution in [1.29, 1.82) is 0 Å². The van der Waals surface area contributed by atoms with Crippen molar-refractivity contribution >= 4 is 15.7 Å². The lowest BCUT2D eigenvalue weighted by Gasteiger charge is -2.09. The van der Waals surface area contributed by atoms with E-state index >= 15 is 0 Å². The van der Waals surface area contributed by atoms with Crippen molar-refractivity contribution < 1.29 is 12.8 Å². The topological polar surface area (TPSA) is 46.2 Å². The molecule has 3 nitrogen and oxygen atoms in total. The lowest BCUT2D eigenvalue weighted by Crippen LogP contribution is -2.13. The van der Waals surface area contributed by atoms with Crippen LogP contribution in [0.2, 0.25) is 0 Å². The number of hydrogen-bond donors (Lipinski definition) is 1. The first kappa shape index (κ1) is 13.5. The summed E-state index contributed by atoms with van der Waals surface area (Å²) in [6, 6.07) is 10.6. The second kappa shape index (κ2) is 5.01. The molecule has 0 atom stereocenters. The van der Waals surface area contributed by atoms with Crippen molar-refractivity contribution in [2.24, 2.45) is 0 Å². The Bertz CT molecular complexity index is 694. The van der Waals surface area contributed by atoms with E-state index in [2.05, 4.69) is 4.72 Å². The summed E-state index contributed by atoms with van der Waals surface area (Å²) in [7, 11) is -3.63. The van der Waals surface area contributed by atoms with Gasteiger partial charge < -0.3 is 0 Å². The van der Waals surface area contributed by atoms with Gasteiger partial charge in [0.15, 0.2) is 0 Å². The van der Waals surface area contributed by atoms with Crippen LogP contribution in [-0.4, -0.2) is 8.42 Å². The first-order valence-corrected chi connectivity index (χ1v) is 7.22. The number of anilines is 1. The first-order chi connectivity index (χ1) is 8.88. The Morgan fingerprint density at radius 2 is 1.63 bits per heavy atom. The molecule has 0 unspecified atom stereocenters. The molecule has 0 aliphatic rings. The highest BCUT2D eigenvalue weighted by atomic mass is 32.2.